The quantitative estimate of drug-likeness (QED) is 0.630. The van der Waals surface area contributed by atoms with Crippen LogP contribution in [0.3, 0.4) is 0 Å². The minimum Gasteiger partial charge on any atom is -0.494 e. The molecule has 0 aliphatic heterocycles. The molecule has 2 aromatic rings. The van der Waals surface area contributed by atoms with Crippen LogP contribution in [0.15, 0.2) is 46.3 Å². The first-order chi connectivity index (χ1) is 11.1. The van der Waals surface area contributed by atoms with Crippen LogP contribution in [0.2, 0.25) is 0 Å². The molecule has 0 unspecified atom stereocenters. The van der Waals surface area contributed by atoms with Crippen LogP contribution < -0.4 is 16.0 Å². The van der Waals surface area contributed by atoms with Crippen LogP contribution in [0, 0.1) is 6.92 Å². The number of hydrogen-bond acceptors (Lipinski definition) is 4. The number of rotatable bonds is 7. The third-order valence-electron chi connectivity index (χ3n) is 3.40. The van der Waals surface area contributed by atoms with Crippen molar-refractivity contribution >= 4 is 12.0 Å². The molecule has 0 spiro atoms. The number of nitrogens with zero attached hydrogens (tertiary/aromatic N) is 2. The Morgan fingerprint density at radius 3 is 2.61 bits per heavy atom. The molecule has 1 aromatic heterocycles. The van der Waals surface area contributed by atoms with Crippen molar-refractivity contribution in [2.75, 3.05) is 12.3 Å². The highest BCUT2D eigenvalue weighted by Gasteiger charge is 2.00. The first-order valence-corrected chi connectivity index (χ1v) is 7.86. The lowest BCUT2D eigenvalue weighted by atomic mass is 10.2. The van der Waals surface area contributed by atoms with Crippen molar-refractivity contribution < 1.29 is 4.74 Å². The molecule has 1 heterocycles. The second kappa shape index (κ2) is 8.17. The van der Waals surface area contributed by atoms with Gasteiger partial charge < -0.3 is 10.5 Å². The zero-order valence-electron chi connectivity index (χ0n) is 13.7. The molecule has 0 aliphatic rings. The van der Waals surface area contributed by atoms with Gasteiger partial charge in [-0.2, -0.15) is 9.78 Å². The minimum absolute atomic E-state index is 0.241. The normalized spacial score (nSPS) is 11.0. The number of pyridine rings is 1. The van der Waals surface area contributed by atoms with E-state index in [9.17, 15) is 4.79 Å². The van der Waals surface area contributed by atoms with Crippen LogP contribution >= 0.6 is 0 Å². The Balaban J connectivity index is 2.02. The van der Waals surface area contributed by atoms with Gasteiger partial charge in [-0.15, -0.1) is 0 Å². The van der Waals surface area contributed by atoms with Crippen molar-refractivity contribution in [3.63, 3.8) is 0 Å². The minimum atomic E-state index is -0.241. The van der Waals surface area contributed by atoms with Crippen LogP contribution in [-0.2, 0) is 0 Å². The van der Waals surface area contributed by atoms with E-state index < -0.39 is 0 Å². The molecule has 0 atom stereocenters. The highest BCUT2D eigenvalue weighted by molar-refractivity contribution is 5.79. The number of nitrogen functional groups attached to an aromatic ring is 1. The van der Waals surface area contributed by atoms with Gasteiger partial charge in [0.15, 0.2) is 0 Å². The smallest absolute Gasteiger partial charge is 0.273 e. The molecule has 0 amide bonds. The van der Waals surface area contributed by atoms with Gasteiger partial charge in [-0.3, -0.25) is 4.79 Å². The summed E-state index contributed by atoms with van der Waals surface area (Å²) in [6.07, 6.45) is 5.03. The molecule has 0 fully saturated rings. The van der Waals surface area contributed by atoms with Crippen LogP contribution in [0.4, 0.5) is 5.82 Å². The Hall–Kier alpha value is -2.56. The average Bonchev–Trinajstić information content (AvgIpc) is 2.52. The van der Waals surface area contributed by atoms with Crippen molar-refractivity contribution in [2.45, 2.75) is 33.1 Å². The summed E-state index contributed by atoms with van der Waals surface area (Å²) in [5.74, 6) is 1.16. The van der Waals surface area contributed by atoms with Gasteiger partial charge in [0.1, 0.15) is 11.6 Å². The molecule has 23 heavy (non-hydrogen) atoms. The lowest BCUT2D eigenvalue weighted by molar-refractivity contribution is 0.306. The number of unbranched alkanes of at least 4 members (excludes halogenated alkanes) is 2. The Morgan fingerprint density at radius 1 is 1.22 bits per heavy atom. The zero-order valence-corrected chi connectivity index (χ0v) is 13.7. The number of aryl methyl sites for hydroxylation is 1. The highest BCUT2D eigenvalue weighted by Crippen LogP contribution is 2.12. The second-order valence-corrected chi connectivity index (χ2v) is 5.48. The van der Waals surface area contributed by atoms with Gasteiger partial charge in [0.05, 0.1) is 12.8 Å². The SMILES string of the molecule is CCCCCOc1ccc(/C=N\n2c(N)cc(C)cc2=O)cc1. The Labute approximate surface area is 136 Å². The molecule has 5 heteroatoms. The molecule has 0 aliphatic carbocycles. The summed E-state index contributed by atoms with van der Waals surface area (Å²) in [6.45, 7) is 4.72. The maximum absolute atomic E-state index is 11.9. The molecule has 2 rings (SSSR count). The van der Waals surface area contributed by atoms with Crippen molar-refractivity contribution in [1.29, 1.82) is 0 Å². The van der Waals surface area contributed by atoms with Crippen molar-refractivity contribution in [2.24, 2.45) is 5.10 Å². The topological polar surface area (TPSA) is 69.6 Å². The van der Waals surface area contributed by atoms with Crippen molar-refractivity contribution in [1.82, 2.24) is 4.68 Å². The summed E-state index contributed by atoms with van der Waals surface area (Å²) in [7, 11) is 0. The van der Waals surface area contributed by atoms with Gasteiger partial charge in [0.25, 0.3) is 5.56 Å². The van der Waals surface area contributed by atoms with Gasteiger partial charge in [-0.1, -0.05) is 19.8 Å². The van der Waals surface area contributed by atoms with Gasteiger partial charge >= 0.3 is 0 Å². The number of benzene rings is 1. The van der Waals surface area contributed by atoms with Gasteiger partial charge in [-0.25, -0.2) is 0 Å². The predicted octanol–water partition coefficient (Wildman–Crippen LogP) is 3.19. The van der Waals surface area contributed by atoms with E-state index in [2.05, 4.69) is 12.0 Å². The van der Waals surface area contributed by atoms with E-state index in [4.69, 9.17) is 10.5 Å². The summed E-state index contributed by atoms with van der Waals surface area (Å²) < 4.78 is 6.84. The van der Waals surface area contributed by atoms with Crippen molar-refractivity contribution in [3.8, 4) is 5.75 Å². The Kier molecular flexibility index (Phi) is 5.97. The van der Waals surface area contributed by atoms with E-state index in [1.165, 1.54) is 23.6 Å². The average molecular weight is 313 g/mol. The molecule has 5 nitrogen and oxygen atoms in total. The molecule has 0 saturated carbocycles. The fourth-order valence-corrected chi connectivity index (χ4v) is 2.16. The molecule has 122 valence electrons. The van der Waals surface area contributed by atoms with E-state index in [0.717, 1.165) is 29.9 Å². The third-order valence-corrected chi connectivity index (χ3v) is 3.40. The maximum atomic E-state index is 11.9. The summed E-state index contributed by atoms with van der Waals surface area (Å²) in [6, 6.07) is 10.8. The van der Waals surface area contributed by atoms with Crippen molar-refractivity contribution in [3.05, 3.63) is 57.9 Å². The maximum Gasteiger partial charge on any atom is 0.273 e. The van der Waals surface area contributed by atoms with E-state index >= 15 is 0 Å². The van der Waals surface area contributed by atoms with Crippen LogP contribution in [0.1, 0.15) is 37.3 Å². The van der Waals surface area contributed by atoms with Gasteiger partial charge in [0.2, 0.25) is 0 Å². The summed E-state index contributed by atoms with van der Waals surface area (Å²) >= 11 is 0. The molecule has 2 N–H and O–H groups in total. The molecular formula is C18H23N3O2. The number of ether oxygens (including phenoxy) is 1. The van der Waals surface area contributed by atoms with E-state index in [-0.39, 0.29) is 5.56 Å². The first-order valence-electron chi connectivity index (χ1n) is 7.86. The van der Waals surface area contributed by atoms with Crippen LogP contribution in [0.25, 0.3) is 0 Å². The van der Waals surface area contributed by atoms with E-state index in [0.29, 0.717) is 5.82 Å². The fourth-order valence-electron chi connectivity index (χ4n) is 2.16. The standard InChI is InChI=1S/C18H23N3O2/c1-3-4-5-10-23-16-8-6-15(7-9-16)13-20-21-17(19)11-14(2)12-18(21)22/h6-9,11-13H,3-5,10,19H2,1-2H3/b20-13-. The number of aromatic nitrogens is 1. The molecule has 0 saturated heterocycles. The third kappa shape index (κ3) is 4.98. The predicted molar refractivity (Wildman–Crippen MR) is 94.3 cm³/mol. The van der Waals surface area contributed by atoms with E-state index in [1.807, 2.05) is 31.2 Å². The molecule has 1 aromatic carbocycles. The Morgan fingerprint density at radius 2 is 1.96 bits per heavy atom. The highest BCUT2D eigenvalue weighted by atomic mass is 16.5. The monoisotopic (exact) mass is 313 g/mol. The first kappa shape index (κ1) is 16.8. The Bertz CT molecular complexity index is 718. The molecular weight excluding hydrogens is 290 g/mol. The van der Waals surface area contributed by atoms with Crippen LogP contribution in [0.5, 0.6) is 5.75 Å². The summed E-state index contributed by atoms with van der Waals surface area (Å²) in [4.78, 5) is 11.9. The van der Waals surface area contributed by atoms with Crippen LogP contribution in [-0.4, -0.2) is 17.5 Å². The largest absolute Gasteiger partial charge is 0.494 e. The lowest BCUT2D eigenvalue weighted by Gasteiger charge is -2.06. The second-order valence-electron chi connectivity index (χ2n) is 5.48. The number of nitrogens with two attached hydrogens (primary N) is 1. The zero-order chi connectivity index (χ0) is 16.7. The summed E-state index contributed by atoms with van der Waals surface area (Å²) in [5.41, 5.74) is 7.27. The fraction of sp³-hybridized carbons (Fsp3) is 0.333. The lowest BCUT2D eigenvalue weighted by Crippen LogP contribution is -2.19. The van der Waals surface area contributed by atoms with Gasteiger partial charge in [-0.05, 0) is 54.8 Å². The molecule has 0 radical (unpaired) electrons. The molecule has 0 bridgehead atoms. The number of anilines is 1. The summed E-state index contributed by atoms with van der Waals surface area (Å²) in [5, 5.41) is 4.15. The number of hydrogen-bond donors (Lipinski definition) is 1. The van der Waals surface area contributed by atoms with Gasteiger partial charge in [0, 0.05) is 6.07 Å². The van der Waals surface area contributed by atoms with E-state index in [1.54, 1.807) is 12.3 Å².